The topological polar surface area (TPSA) is 50.7 Å². The van der Waals surface area contributed by atoms with Gasteiger partial charge in [0.25, 0.3) is 0 Å². The fraction of sp³-hybridized carbons (Fsp3) is 0. The molecule has 0 spiro atoms. The Hall–Kier alpha value is -2.75. The highest BCUT2D eigenvalue weighted by molar-refractivity contribution is 5.58. The number of aromatic nitrogens is 3. The summed E-state index contributed by atoms with van der Waals surface area (Å²) in [5.74, 6) is 0. The summed E-state index contributed by atoms with van der Waals surface area (Å²) in [5, 5.41) is 3.30. The lowest BCUT2D eigenvalue weighted by atomic mass is 10.3. The fourth-order valence-corrected chi connectivity index (χ4v) is 1.41. The monoisotopic (exact) mass is 250 g/mol. The molecule has 0 saturated carbocycles. The summed E-state index contributed by atoms with van der Waals surface area (Å²) in [6.45, 7) is 0. The summed E-state index contributed by atoms with van der Waals surface area (Å²) in [6, 6.07) is 20.3. The molecule has 0 bridgehead atoms. The highest BCUT2D eigenvalue weighted by atomic mass is 14.9. The lowest BCUT2D eigenvalue weighted by Crippen LogP contribution is -1.87. The average Bonchev–Trinajstić information content (AvgIpc) is 2.52. The van der Waals surface area contributed by atoms with E-state index in [9.17, 15) is 0 Å². The van der Waals surface area contributed by atoms with E-state index in [1.54, 1.807) is 0 Å². The zero-order valence-electron chi connectivity index (χ0n) is 10.3. The first-order chi connectivity index (χ1) is 9.45. The van der Waals surface area contributed by atoms with Crippen LogP contribution in [-0.2, 0) is 0 Å². The summed E-state index contributed by atoms with van der Waals surface area (Å²) in [4.78, 5) is 10.7. The predicted octanol–water partition coefficient (Wildman–Crippen LogP) is 3.30. The zero-order chi connectivity index (χ0) is 13.2. The molecule has 0 unspecified atom stereocenters. The Morgan fingerprint density at radius 1 is 0.526 bits per heavy atom. The van der Waals surface area contributed by atoms with Gasteiger partial charge in [0.15, 0.2) is 0 Å². The Kier molecular flexibility index (Phi) is 5.05. The van der Waals surface area contributed by atoms with Crippen LogP contribution in [0.4, 0.5) is 11.4 Å². The molecule has 3 aromatic rings. The minimum absolute atomic E-state index is 1.12. The Morgan fingerprint density at radius 2 is 0.895 bits per heavy atom. The highest BCUT2D eigenvalue weighted by Crippen LogP contribution is 2.14. The van der Waals surface area contributed by atoms with Crippen molar-refractivity contribution in [3.63, 3.8) is 0 Å². The average molecular weight is 250 g/mol. The lowest BCUT2D eigenvalue weighted by molar-refractivity contribution is 1.05. The van der Waals surface area contributed by atoms with Gasteiger partial charge in [0.2, 0.25) is 0 Å². The van der Waals surface area contributed by atoms with E-state index in [4.69, 9.17) is 0 Å². The molecule has 0 fully saturated rings. The Bertz CT molecular complexity index is 491. The van der Waals surface area contributed by atoms with Gasteiger partial charge in [0.05, 0.1) is 0 Å². The molecule has 19 heavy (non-hydrogen) atoms. The van der Waals surface area contributed by atoms with E-state index in [1.165, 1.54) is 19.0 Å². The molecule has 0 aliphatic rings. The first kappa shape index (κ1) is 12.7. The van der Waals surface area contributed by atoms with Gasteiger partial charge < -0.3 is 5.32 Å². The number of para-hydroxylation sites is 2. The maximum Gasteiger partial charge on any atom is 0.119 e. The first-order valence-corrected chi connectivity index (χ1v) is 5.87. The van der Waals surface area contributed by atoms with Gasteiger partial charge in [-0.15, -0.1) is 0 Å². The molecule has 2 aromatic carbocycles. The number of hydrogen-bond acceptors (Lipinski definition) is 4. The van der Waals surface area contributed by atoms with E-state index in [-0.39, 0.29) is 0 Å². The quantitative estimate of drug-likeness (QED) is 0.758. The molecule has 94 valence electrons. The van der Waals surface area contributed by atoms with Gasteiger partial charge in [-0.25, -0.2) is 15.0 Å². The summed E-state index contributed by atoms with van der Waals surface area (Å²) < 4.78 is 0. The van der Waals surface area contributed by atoms with Crippen molar-refractivity contribution in [3.8, 4) is 0 Å². The van der Waals surface area contributed by atoms with Crippen molar-refractivity contribution in [2.24, 2.45) is 0 Å². The van der Waals surface area contributed by atoms with Crippen molar-refractivity contribution in [2.45, 2.75) is 0 Å². The molecule has 4 heteroatoms. The minimum Gasteiger partial charge on any atom is -0.356 e. The van der Waals surface area contributed by atoms with Gasteiger partial charge in [0.1, 0.15) is 19.0 Å². The molecule has 1 heterocycles. The van der Waals surface area contributed by atoms with Crippen LogP contribution in [0.1, 0.15) is 0 Å². The van der Waals surface area contributed by atoms with E-state index in [0.29, 0.717) is 0 Å². The maximum absolute atomic E-state index is 3.56. The molecule has 0 aliphatic carbocycles. The Morgan fingerprint density at radius 3 is 1.21 bits per heavy atom. The van der Waals surface area contributed by atoms with Crippen LogP contribution in [0.3, 0.4) is 0 Å². The van der Waals surface area contributed by atoms with Crippen LogP contribution in [0.2, 0.25) is 0 Å². The minimum atomic E-state index is 1.12. The van der Waals surface area contributed by atoms with Crippen LogP contribution in [-0.4, -0.2) is 15.0 Å². The molecule has 1 N–H and O–H groups in total. The number of anilines is 2. The summed E-state index contributed by atoms with van der Waals surface area (Å²) >= 11 is 0. The van der Waals surface area contributed by atoms with Crippen LogP contribution in [0.5, 0.6) is 0 Å². The van der Waals surface area contributed by atoms with Crippen LogP contribution in [0, 0.1) is 0 Å². The third-order valence-corrected chi connectivity index (χ3v) is 2.24. The molecule has 0 aliphatic heterocycles. The van der Waals surface area contributed by atoms with Crippen molar-refractivity contribution in [2.75, 3.05) is 5.32 Å². The molecule has 0 saturated heterocycles. The molecule has 1 aromatic heterocycles. The lowest BCUT2D eigenvalue weighted by Gasteiger charge is -2.04. The number of hydrogen-bond donors (Lipinski definition) is 1. The molecular formula is C15H14N4. The van der Waals surface area contributed by atoms with Crippen molar-refractivity contribution in [1.82, 2.24) is 15.0 Å². The largest absolute Gasteiger partial charge is 0.356 e. The summed E-state index contributed by atoms with van der Waals surface area (Å²) in [7, 11) is 0. The third kappa shape index (κ3) is 4.95. The van der Waals surface area contributed by atoms with Gasteiger partial charge in [0, 0.05) is 11.4 Å². The van der Waals surface area contributed by atoms with Gasteiger partial charge in [-0.2, -0.15) is 0 Å². The standard InChI is InChI=1S/C12H11N.C3H3N3/c1-3-7-11(8-4-1)13-12-9-5-2-6-10-12;1-4-2-6-3-5-1/h1-10,13H;1-3H. The van der Waals surface area contributed by atoms with Gasteiger partial charge in [-0.3, -0.25) is 0 Å². The second kappa shape index (κ2) is 7.55. The first-order valence-electron chi connectivity index (χ1n) is 5.87. The molecule has 4 nitrogen and oxygen atoms in total. The maximum atomic E-state index is 3.56. The number of nitrogens with zero attached hydrogens (tertiary/aromatic N) is 3. The second-order valence-electron chi connectivity index (χ2n) is 3.65. The SMILES string of the molecule is c1ccc(Nc2ccccc2)cc1.c1ncncn1. The third-order valence-electron chi connectivity index (χ3n) is 2.24. The zero-order valence-corrected chi connectivity index (χ0v) is 10.3. The van der Waals surface area contributed by atoms with Crippen molar-refractivity contribution >= 4 is 11.4 Å². The van der Waals surface area contributed by atoms with Crippen LogP contribution >= 0.6 is 0 Å². The van der Waals surface area contributed by atoms with E-state index in [2.05, 4.69) is 20.3 Å². The second-order valence-corrected chi connectivity index (χ2v) is 3.65. The molecular weight excluding hydrogens is 236 g/mol. The molecule has 3 rings (SSSR count). The van der Waals surface area contributed by atoms with Crippen molar-refractivity contribution in [3.05, 3.63) is 79.6 Å². The van der Waals surface area contributed by atoms with E-state index in [0.717, 1.165) is 11.4 Å². The summed E-state index contributed by atoms with van der Waals surface area (Å²) in [5.41, 5.74) is 2.24. The van der Waals surface area contributed by atoms with Crippen LogP contribution in [0.25, 0.3) is 0 Å². The molecule has 0 amide bonds. The number of nitrogens with one attached hydrogen (secondary N) is 1. The van der Waals surface area contributed by atoms with Crippen LogP contribution < -0.4 is 5.32 Å². The van der Waals surface area contributed by atoms with Gasteiger partial charge in [-0.05, 0) is 24.3 Å². The number of rotatable bonds is 2. The number of benzene rings is 2. The van der Waals surface area contributed by atoms with Gasteiger partial charge in [-0.1, -0.05) is 36.4 Å². The molecule has 0 radical (unpaired) electrons. The van der Waals surface area contributed by atoms with E-state index in [1.807, 2.05) is 60.7 Å². The molecule has 0 atom stereocenters. The van der Waals surface area contributed by atoms with E-state index >= 15 is 0 Å². The normalized spacial score (nSPS) is 9.05. The summed E-state index contributed by atoms with van der Waals surface area (Å²) in [6.07, 6.45) is 4.31. The van der Waals surface area contributed by atoms with E-state index < -0.39 is 0 Å². The van der Waals surface area contributed by atoms with Crippen molar-refractivity contribution in [1.29, 1.82) is 0 Å². The van der Waals surface area contributed by atoms with Crippen molar-refractivity contribution < 1.29 is 0 Å². The Labute approximate surface area is 112 Å². The van der Waals surface area contributed by atoms with Gasteiger partial charge >= 0.3 is 0 Å². The Balaban J connectivity index is 0.000000186. The predicted molar refractivity (Wildman–Crippen MR) is 76.0 cm³/mol. The smallest absolute Gasteiger partial charge is 0.119 e. The fourth-order valence-electron chi connectivity index (χ4n) is 1.41. The highest BCUT2D eigenvalue weighted by Gasteiger charge is 1.89. The van der Waals surface area contributed by atoms with Crippen LogP contribution in [0.15, 0.2) is 79.6 Å².